The van der Waals surface area contributed by atoms with E-state index in [-0.39, 0.29) is 38.3 Å². The second kappa shape index (κ2) is 14.1. The van der Waals surface area contributed by atoms with Gasteiger partial charge in [-0.05, 0) is 43.5 Å². The van der Waals surface area contributed by atoms with Crippen molar-refractivity contribution in [1.29, 1.82) is 0 Å². The second-order valence-electron chi connectivity index (χ2n) is 9.73. The molecule has 222 valence electrons. The average molecular weight is 618 g/mol. The average Bonchev–Trinajstić information content (AvgIpc) is 3.08. The number of amides is 4. The Morgan fingerprint density at radius 2 is 1.79 bits per heavy atom. The standard InChI is InChI=1S/C28H29Cl2N5O7/c29-20-8-4-9-21(30)19(20)16-42-31-15-18(14-25(37)38)32-27(40)23-10-5-13-34-24(36)12-11-22(28(41)35(23)34)33-26(39)17-6-2-1-3-7-17/h1-4,6-9,15,18,22-23H,5,10-14,16H2,(H,32,40)(H,33,39)(H,37,38)/t18?,22?,23-/m0/s1. The van der Waals surface area contributed by atoms with Crippen molar-refractivity contribution >= 4 is 59.0 Å². The van der Waals surface area contributed by atoms with Crippen LogP contribution in [0.25, 0.3) is 0 Å². The van der Waals surface area contributed by atoms with Gasteiger partial charge in [-0.3, -0.25) is 29.0 Å². The maximum Gasteiger partial charge on any atom is 0.305 e. The Morgan fingerprint density at radius 1 is 1.07 bits per heavy atom. The van der Waals surface area contributed by atoms with Crippen LogP contribution in [-0.4, -0.2) is 75.6 Å². The molecule has 2 aromatic rings. The molecule has 14 heteroatoms. The fourth-order valence-corrected chi connectivity index (χ4v) is 5.24. The Balaban J connectivity index is 1.47. The summed E-state index contributed by atoms with van der Waals surface area (Å²) in [5, 5.41) is 21.5. The minimum atomic E-state index is -1.21. The molecule has 42 heavy (non-hydrogen) atoms. The van der Waals surface area contributed by atoms with Crippen LogP contribution in [0.1, 0.15) is 48.0 Å². The highest BCUT2D eigenvalue weighted by molar-refractivity contribution is 6.35. The molecule has 0 radical (unpaired) electrons. The van der Waals surface area contributed by atoms with Gasteiger partial charge in [0.25, 0.3) is 11.8 Å². The van der Waals surface area contributed by atoms with Crippen LogP contribution in [0.4, 0.5) is 0 Å². The Hall–Kier alpha value is -4.16. The zero-order valence-electron chi connectivity index (χ0n) is 22.4. The van der Waals surface area contributed by atoms with Gasteiger partial charge >= 0.3 is 5.97 Å². The van der Waals surface area contributed by atoms with Gasteiger partial charge in [0.1, 0.15) is 18.7 Å². The normalized spacial score (nSPS) is 19.6. The first-order valence-corrected chi connectivity index (χ1v) is 14.0. The molecule has 2 saturated heterocycles. The number of carboxylic acid groups (broad SMARTS) is 1. The van der Waals surface area contributed by atoms with E-state index in [2.05, 4.69) is 15.8 Å². The van der Waals surface area contributed by atoms with Crippen molar-refractivity contribution in [2.24, 2.45) is 5.16 Å². The van der Waals surface area contributed by atoms with Crippen LogP contribution in [0.3, 0.4) is 0 Å². The van der Waals surface area contributed by atoms with E-state index in [1.165, 1.54) is 5.01 Å². The number of aliphatic carboxylic acids is 1. The molecule has 2 unspecified atom stereocenters. The van der Waals surface area contributed by atoms with Crippen molar-refractivity contribution in [3.63, 3.8) is 0 Å². The second-order valence-corrected chi connectivity index (χ2v) is 10.5. The van der Waals surface area contributed by atoms with Crippen LogP contribution in [0.2, 0.25) is 10.0 Å². The van der Waals surface area contributed by atoms with Crippen molar-refractivity contribution in [2.75, 3.05) is 6.54 Å². The third-order valence-electron chi connectivity index (χ3n) is 6.81. The lowest BCUT2D eigenvalue weighted by Crippen LogP contribution is -2.64. The number of hydrogen-bond donors (Lipinski definition) is 3. The predicted octanol–water partition coefficient (Wildman–Crippen LogP) is 2.78. The van der Waals surface area contributed by atoms with Crippen LogP contribution in [-0.2, 0) is 30.6 Å². The summed E-state index contributed by atoms with van der Waals surface area (Å²) in [5.74, 6) is -3.33. The lowest BCUT2D eigenvalue weighted by Gasteiger charge is -2.43. The number of halogens is 2. The van der Waals surface area contributed by atoms with Gasteiger partial charge in [0, 0.05) is 34.1 Å². The van der Waals surface area contributed by atoms with Crippen molar-refractivity contribution in [2.45, 2.75) is 56.8 Å². The number of carboxylic acids is 1. The number of rotatable bonds is 10. The molecular formula is C28H29Cl2N5O7. The smallest absolute Gasteiger partial charge is 0.305 e. The van der Waals surface area contributed by atoms with Crippen LogP contribution in [0.5, 0.6) is 0 Å². The zero-order valence-corrected chi connectivity index (χ0v) is 23.9. The van der Waals surface area contributed by atoms with Gasteiger partial charge < -0.3 is 20.6 Å². The summed E-state index contributed by atoms with van der Waals surface area (Å²) in [4.78, 5) is 69.5. The molecule has 2 heterocycles. The van der Waals surface area contributed by atoms with Crippen molar-refractivity contribution in [3.8, 4) is 0 Å². The van der Waals surface area contributed by atoms with Crippen LogP contribution < -0.4 is 10.6 Å². The molecular weight excluding hydrogens is 589 g/mol. The van der Waals surface area contributed by atoms with Gasteiger partial charge in [0.05, 0.1) is 18.7 Å². The summed E-state index contributed by atoms with van der Waals surface area (Å²) < 4.78 is 0. The molecule has 2 aliphatic rings. The third kappa shape index (κ3) is 7.56. The monoisotopic (exact) mass is 617 g/mol. The Bertz CT molecular complexity index is 1350. The Labute approximate surface area is 251 Å². The Kier molecular flexibility index (Phi) is 10.4. The highest BCUT2D eigenvalue weighted by atomic mass is 35.5. The predicted molar refractivity (Wildman–Crippen MR) is 152 cm³/mol. The summed E-state index contributed by atoms with van der Waals surface area (Å²) in [6.45, 7) is 0.132. The van der Waals surface area contributed by atoms with E-state index in [0.717, 1.165) is 11.2 Å². The fraction of sp³-hybridized carbons (Fsp3) is 0.357. The number of carbonyl (C=O) groups is 5. The number of carbonyl (C=O) groups excluding carboxylic acids is 4. The van der Waals surface area contributed by atoms with Gasteiger partial charge in [-0.2, -0.15) is 0 Å². The largest absolute Gasteiger partial charge is 0.481 e. The highest BCUT2D eigenvalue weighted by Crippen LogP contribution is 2.26. The minimum absolute atomic E-state index is 0.00258. The molecule has 12 nitrogen and oxygen atoms in total. The van der Waals surface area contributed by atoms with E-state index in [1.807, 2.05) is 0 Å². The first-order valence-electron chi connectivity index (χ1n) is 13.3. The van der Waals surface area contributed by atoms with Crippen molar-refractivity contribution < 1.29 is 33.9 Å². The fourth-order valence-electron chi connectivity index (χ4n) is 4.73. The summed E-state index contributed by atoms with van der Waals surface area (Å²) in [6, 6.07) is 10.0. The van der Waals surface area contributed by atoms with Gasteiger partial charge in [-0.25, -0.2) is 5.01 Å². The Morgan fingerprint density at radius 3 is 2.48 bits per heavy atom. The number of benzene rings is 2. The van der Waals surface area contributed by atoms with Crippen molar-refractivity contribution in [1.82, 2.24) is 20.7 Å². The van der Waals surface area contributed by atoms with Crippen LogP contribution in [0.15, 0.2) is 53.7 Å². The molecule has 4 amide bonds. The molecule has 0 spiro atoms. The minimum Gasteiger partial charge on any atom is -0.481 e. The van der Waals surface area contributed by atoms with Gasteiger partial charge in [0.15, 0.2) is 0 Å². The van der Waals surface area contributed by atoms with E-state index in [4.69, 9.17) is 28.0 Å². The summed E-state index contributed by atoms with van der Waals surface area (Å²) in [7, 11) is 0. The number of hydrogen-bond acceptors (Lipinski definition) is 7. The molecule has 3 atom stereocenters. The molecule has 3 N–H and O–H groups in total. The molecule has 2 aromatic carbocycles. The first-order chi connectivity index (χ1) is 20.2. The maximum absolute atomic E-state index is 13.6. The molecule has 0 aromatic heterocycles. The summed E-state index contributed by atoms with van der Waals surface area (Å²) in [5.41, 5.74) is 0.831. The molecule has 4 rings (SSSR count). The number of fused-ring (bicyclic) bond motifs is 1. The number of nitrogens with one attached hydrogen (secondary N) is 2. The zero-order chi connectivity index (χ0) is 30.2. The van der Waals surface area contributed by atoms with E-state index in [1.54, 1.807) is 48.5 Å². The van der Waals surface area contributed by atoms with E-state index in [9.17, 15) is 29.1 Å². The molecule has 2 fully saturated rings. The molecule has 2 aliphatic heterocycles. The number of oxime groups is 1. The lowest BCUT2D eigenvalue weighted by molar-refractivity contribution is -0.176. The van der Waals surface area contributed by atoms with E-state index >= 15 is 0 Å². The quantitative estimate of drug-likeness (QED) is 0.273. The van der Waals surface area contributed by atoms with Crippen LogP contribution in [0, 0.1) is 0 Å². The maximum atomic E-state index is 13.6. The molecule has 0 bridgehead atoms. The number of hydrazine groups is 1. The summed E-state index contributed by atoms with van der Waals surface area (Å²) >= 11 is 12.2. The van der Waals surface area contributed by atoms with Crippen LogP contribution >= 0.6 is 23.2 Å². The lowest BCUT2D eigenvalue weighted by atomic mass is 10.0. The first kappa shape index (κ1) is 30.8. The van der Waals surface area contributed by atoms with E-state index in [0.29, 0.717) is 27.6 Å². The molecule has 0 aliphatic carbocycles. The highest BCUT2D eigenvalue weighted by Gasteiger charge is 2.44. The van der Waals surface area contributed by atoms with Gasteiger partial charge in [-0.1, -0.05) is 52.6 Å². The SMILES string of the molecule is O=C(O)CC(C=NOCc1c(Cl)cccc1Cl)NC(=O)[C@@H]1CCCN2C(=O)CCC(NC(=O)c3ccccc3)C(=O)N12. The number of nitrogens with zero attached hydrogens (tertiary/aromatic N) is 3. The van der Waals surface area contributed by atoms with Gasteiger partial charge in [0.2, 0.25) is 11.8 Å². The summed E-state index contributed by atoms with van der Waals surface area (Å²) in [6.07, 6.45) is 1.32. The van der Waals surface area contributed by atoms with Crippen molar-refractivity contribution in [3.05, 3.63) is 69.7 Å². The topological polar surface area (TPSA) is 158 Å². The molecule has 0 saturated carbocycles. The third-order valence-corrected chi connectivity index (χ3v) is 7.52. The van der Waals surface area contributed by atoms with Gasteiger partial charge in [-0.15, -0.1) is 0 Å². The van der Waals surface area contributed by atoms with E-state index < -0.39 is 48.2 Å².